The molecule has 0 saturated heterocycles. The van der Waals surface area contributed by atoms with Gasteiger partial charge in [0.15, 0.2) is 0 Å². The summed E-state index contributed by atoms with van der Waals surface area (Å²) >= 11 is 1.54. The van der Waals surface area contributed by atoms with Gasteiger partial charge in [-0.25, -0.2) is 0 Å². The molecule has 1 aliphatic carbocycles. The van der Waals surface area contributed by atoms with Crippen LogP contribution >= 0.6 is 11.8 Å². The Hall–Kier alpha value is -0.730. The van der Waals surface area contributed by atoms with E-state index in [9.17, 15) is 5.11 Å². The van der Waals surface area contributed by atoms with Crippen LogP contribution in [0.2, 0.25) is 0 Å². The van der Waals surface area contributed by atoms with Crippen LogP contribution in [0.15, 0.2) is 46.3 Å². The topological polar surface area (TPSA) is 20.2 Å². The lowest BCUT2D eigenvalue weighted by atomic mass is 10.0. The summed E-state index contributed by atoms with van der Waals surface area (Å²) in [5, 5.41) is 11.5. The molecule has 1 fully saturated rings. The van der Waals surface area contributed by atoms with Gasteiger partial charge >= 0.3 is 0 Å². The van der Waals surface area contributed by atoms with Crippen LogP contribution in [0.3, 0.4) is 0 Å². The molecule has 82 valence electrons. The predicted molar refractivity (Wildman–Crippen MR) is 68.6 cm³/mol. The standard InChI is InChI=1S/C13H18OS/c1-5-11-12(7-8-13(11)14)9(3)10(4)15-6-2/h5-6,13-14H,2,4,7-8H2,1,3H3. The first-order valence-corrected chi connectivity index (χ1v) is 6.01. The summed E-state index contributed by atoms with van der Waals surface area (Å²) < 4.78 is 0. The molecule has 0 aliphatic heterocycles. The van der Waals surface area contributed by atoms with Gasteiger partial charge in [0.25, 0.3) is 0 Å². The Balaban J connectivity index is 2.99. The second kappa shape index (κ2) is 5.38. The lowest BCUT2D eigenvalue weighted by Crippen LogP contribution is -2.02. The van der Waals surface area contributed by atoms with Crippen molar-refractivity contribution in [2.75, 3.05) is 0 Å². The third-order valence-electron chi connectivity index (χ3n) is 2.78. The first kappa shape index (κ1) is 12.3. The minimum Gasteiger partial charge on any atom is -0.388 e. The van der Waals surface area contributed by atoms with Crippen LogP contribution in [-0.2, 0) is 0 Å². The van der Waals surface area contributed by atoms with Crippen LogP contribution in [-0.4, -0.2) is 11.2 Å². The molecular formula is C13H18OS. The molecule has 1 aliphatic rings. The summed E-state index contributed by atoms with van der Waals surface area (Å²) in [7, 11) is 0. The molecule has 1 atom stereocenters. The molecule has 1 rings (SSSR count). The van der Waals surface area contributed by atoms with Crippen molar-refractivity contribution < 1.29 is 5.11 Å². The van der Waals surface area contributed by atoms with E-state index in [0.29, 0.717) is 0 Å². The SMILES string of the molecule is C=CSC(=C)C(C)=C1CCC(O)C1=CC. The molecule has 2 heteroatoms. The first-order valence-electron chi connectivity index (χ1n) is 5.13. The highest BCUT2D eigenvalue weighted by Gasteiger charge is 2.24. The molecule has 1 nitrogen and oxygen atoms in total. The Morgan fingerprint density at radius 2 is 2.27 bits per heavy atom. The van der Waals surface area contributed by atoms with Crippen LogP contribution in [0, 0.1) is 0 Å². The van der Waals surface area contributed by atoms with Crippen molar-refractivity contribution >= 4 is 11.8 Å². The zero-order valence-corrected chi connectivity index (χ0v) is 10.2. The quantitative estimate of drug-likeness (QED) is 0.784. The Labute approximate surface area is 96.3 Å². The predicted octanol–water partition coefficient (Wildman–Crippen LogP) is 3.79. The molecule has 15 heavy (non-hydrogen) atoms. The van der Waals surface area contributed by atoms with Gasteiger partial charge in [0.05, 0.1) is 6.10 Å². The maximum Gasteiger partial charge on any atom is 0.0792 e. The second-order valence-corrected chi connectivity index (χ2v) is 4.67. The highest BCUT2D eigenvalue weighted by molar-refractivity contribution is 8.06. The molecule has 0 aromatic heterocycles. The van der Waals surface area contributed by atoms with E-state index >= 15 is 0 Å². The fraction of sp³-hybridized carbons (Fsp3) is 0.385. The van der Waals surface area contributed by atoms with E-state index < -0.39 is 0 Å². The molecule has 1 saturated carbocycles. The Bertz CT molecular complexity index is 336. The van der Waals surface area contributed by atoms with Crippen molar-refractivity contribution in [3.8, 4) is 0 Å². The molecule has 0 aromatic carbocycles. The van der Waals surface area contributed by atoms with Crippen molar-refractivity contribution in [3.05, 3.63) is 46.3 Å². The highest BCUT2D eigenvalue weighted by Crippen LogP contribution is 2.37. The highest BCUT2D eigenvalue weighted by atomic mass is 32.2. The van der Waals surface area contributed by atoms with Crippen molar-refractivity contribution in [1.82, 2.24) is 0 Å². The first-order chi connectivity index (χ1) is 7.11. The average Bonchev–Trinajstić information content (AvgIpc) is 2.58. The van der Waals surface area contributed by atoms with Crippen LogP contribution < -0.4 is 0 Å². The fourth-order valence-corrected chi connectivity index (χ4v) is 2.41. The number of allylic oxidation sites excluding steroid dienone is 2. The van der Waals surface area contributed by atoms with Gasteiger partial charge in [0.2, 0.25) is 0 Å². The van der Waals surface area contributed by atoms with Crippen LogP contribution in [0.5, 0.6) is 0 Å². The maximum atomic E-state index is 9.76. The van der Waals surface area contributed by atoms with Crippen LogP contribution in [0.25, 0.3) is 0 Å². The minimum absolute atomic E-state index is 0.290. The average molecular weight is 222 g/mol. The van der Waals surface area contributed by atoms with Crippen molar-refractivity contribution in [1.29, 1.82) is 0 Å². The molecule has 0 heterocycles. The van der Waals surface area contributed by atoms with Crippen LogP contribution in [0.4, 0.5) is 0 Å². The summed E-state index contributed by atoms with van der Waals surface area (Å²) in [5.41, 5.74) is 3.51. The molecule has 0 radical (unpaired) electrons. The van der Waals surface area contributed by atoms with E-state index in [1.165, 1.54) is 11.1 Å². The van der Waals surface area contributed by atoms with Gasteiger partial charge in [0, 0.05) is 4.91 Å². The van der Waals surface area contributed by atoms with Crippen molar-refractivity contribution in [3.63, 3.8) is 0 Å². The van der Waals surface area contributed by atoms with Gasteiger partial charge in [-0.1, -0.05) is 31.0 Å². The largest absolute Gasteiger partial charge is 0.388 e. The van der Waals surface area contributed by atoms with Gasteiger partial charge < -0.3 is 5.11 Å². The number of hydrogen-bond acceptors (Lipinski definition) is 2. The van der Waals surface area contributed by atoms with E-state index in [1.807, 2.05) is 13.0 Å². The van der Waals surface area contributed by atoms with Crippen LogP contribution in [0.1, 0.15) is 26.7 Å². The third kappa shape index (κ3) is 2.64. The lowest BCUT2D eigenvalue weighted by molar-refractivity contribution is 0.218. The van der Waals surface area contributed by atoms with Crippen molar-refractivity contribution in [2.24, 2.45) is 0 Å². The van der Waals surface area contributed by atoms with E-state index in [2.05, 4.69) is 20.1 Å². The number of aliphatic hydroxyl groups excluding tert-OH is 1. The van der Waals surface area contributed by atoms with Gasteiger partial charge in [0.1, 0.15) is 0 Å². The monoisotopic (exact) mass is 222 g/mol. The Morgan fingerprint density at radius 1 is 1.60 bits per heavy atom. The summed E-state index contributed by atoms with van der Waals surface area (Å²) in [5.74, 6) is 0. The van der Waals surface area contributed by atoms with E-state index in [0.717, 1.165) is 23.3 Å². The van der Waals surface area contributed by atoms with E-state index in [4.69, 9.17) is 0 Å². The molecule has 0 spiro atoms. The summed E-state index contributed by atoms with van der Waals surface area (Å²) in [6.07, 6.45) is 3.49. The van der Waals surface area contributed by atoms with Gasteiger partial charge in [-0.2, -0.15) is 0 Å². The number of rotatable bonds is 3. The number of hydrogen-bond donors (Lipinski definition) is 1. The Kier molecular flexibility index (Phi) is 4.43. The van der Waals surface area contributed by atoms with Crippen molar-refractivity contribution in [2.45, 2.75) is 32.8 Å². The smallest absolute Gasteiger partial charge is 0.0792 e. The molecule has 1 N–H and O–H groups in total. The maximum absolute atomic E-state index is 9.76. The molecule has 0 aromatic rings. The fourth-order valence-electron chi connectivity index (χ4n) is 1.91. The normalized spacial score (nSPS) is 26.9. The summed E-state index contributed by atoms with van der Waals surface area (Å²) in [6, 6.07) is 0. The zero-order valence-electron chi connectivity index (χ0n) is 9.42. The molecule has 0 bridgehead atoms. The summed E-state index contributed by atoms with van der Waals surface area (Å²) in [4.78, 5) is 1.02. The number of aliphatic hydroxyl groups is 1. The molecular weight excluding hydrogens is 204 g/mol. The third-order valence-corrected chi connectivity index (χ3v) is 3.54. The summed E-state index contributed by atoms with van der Waals surface area (Å²) in [6.45, 7) is 11.7. The molecule has 1 unspecified atom stereocenters. The Morgan fingerprint density at radius 3 is 2.80 bits per heavy atom. The zero-order chi connectivity index (χ0) is 11.4. The van der Waals surface area contributed by atoms with Gasteiger partial charge in [-0.15, -0.1) is 0 Å². The minimum atomic E-state index is -0.290. The second-order valence-electron chi connectivity index (χ2n) is 3.61. The van der Waals surface area contributed by atoms with Gasteiger partial charge in [-0.05, 0) is 48.8 Å². The number of thioether (sulfide) groups is 1. The lowest BCUT2D eigenvalue weighted by Gasteiger charge is -2.10. The van der Waals surface area contributed by atoms with Gasteiger partial charge in [-0.3, -0.25) is 0 Å². The van der Waals surface area contributed by atoms with E-state index in [1.54, 1.807) is 17.2 Å². The molecule has 0 amide bonds. The van der Waals surface area contributed by atoms with E-state index in [-0.39, 0.29) is 6.10 Å².